The van der Waals surface area contributed by atoms with E-state index in [2.05, 4.69) is 10.2 Å². The van der Waals surface area contributed by atoms with Crippen molar-refractivity contribution in [3.63, 3.8) is 0 Å². The highest BCUT2D eigenvalue weighted by molar-refractivity contribution is 5.70. The van der Waals surface area contributed by atoms with Crippen LogP contribution >= 0.6 is 0 Å². The number of para-hydroxylation sites is 1. The highest BCUT2D eigenvalue weighted by atomic mass is 19.1. The summed E-state index contributed by atoms with van der Waals surface area (Å²) < 4.78 is 24.2. The molecule has 1 aliphatic heterocycles. The minimum Gasteiger partial charge on any atom is -0.463 e. The molecule has 0 aliphatic carbocycles. The predicted octanol–water partition coefficient (Wildman–Crippen LogP) is 2.65. The quantitative estimate of drug-likeness (QED) is 0.656. The highest BCUT2D eigenvalue weighted by Gasteiger charge is 2.31. The normalized spacial score (nSPS) is 15.6. The molecule has 0 saturated carbocycles. The largest absolute Gasteiger partial charge is 0.463 e. The molecule has 156 valence electrons. The van der Waals surface area contributed by atoms with Crippen molar-refractivity contribution in [2.24, 2.45) is 0 Å². The summed E-state index contributed by atoms with van der Waals surface area (Å²) >= 11 is 0. The second-order valence-electron chi connectivity index (χ2n) is 7.27. The van der Waals surface area contributed by atoms with E-state index in [1.165, 1.54) is 17.0 Å². The molecule has 30 heavy (non-hydrogen) atoms. The zero-order valence-corrected chi connectivity index (χ0v) is 16.6. The maximum absolute atomic E-state index is 13.2. The number of carbonyl (C=O) groups excluding carboxylic acids is 1. The van der Waals surface area contributed by atoms with Crippen molar-refractivity contribution in [1.29, 1.82) is 0 Å². The van der Waals surface area contributed by atoms with Gasteiger partial charge >= 0.3 is 6.09 Å². The van der Waals surface area contributed by atoms with Crippen LogP contribution in [0, 0.1) is 5.82 Å². The molecule has 0 spiro atoms. The summed E-state index contributed by atoms with van der Waals surface area (Å²) in [5.74, 6) is 1.11. The summed E-state index contributed by atoms with van der Waals surface area (Å²) in [6.07, 6.45) is 1.17. The van der Waals surface area contributed by atoms with E-state index in [1.807, 2.05) is 42.5 Å². The minimum absolute atomic E-state index is 0.0151. The van der Waals surface area contributed by atoms with Crippen LogP contribution in [0.5, 0.6) is 5.75 Å². The third kappa shape index (κ3) is 4.99. The third-order valence-corrected chi connectivity index (χ3v) is 5.38. The van der Waals surface area contributed by atoms with Crippen molar-refractivity contribution < 1.29 is 23.2 Å². The molecule has 1 aliphatic rings. The number of halogens is 1. The first kappa shape index (κ1) is 20.0. The van der Waals surface area contributed by atoms with Crippen molar-refractivity contribution >= 4 is 11.8 Å². The van der Waals surface area contributed by atoms with Gasteiger partial charge in [0.2, 0.25) is 0 Å². The average Bonchev–Trinajstić information content (AvgIpc) is 3.30. The Morgan fingerprint density at radius 2 is 1.80 bits per heavy atom. The van der Waals surface area contributed by atoms with E-state index in [1.54, 1.807) is 18.4 Å². The Morgan fingerprint density at radius 1 is 1.07 bits per heavy atom. The molecule has 1 atom stereocenters. The molecule has 2 N–H and O–H groups in total. The Labute approximate surface area is 174 Å². The first-order valence-corrected chi connectivity index (χ1v) is 10.1. The topological polar surface area (TPSA) is 59.2 Å². The monoisotopic (exact) mass is 410 g/mol. The molecule has 7 heteroatoms. The second kappa shape index (κ2) is 9.45. The molecule has 1 aromatic heterocycles. The number of nitrogens with one attached hydrogen (secondary N) is 2. The Kier molecular flexibility index (Phi) is 6.29. The molecular weight excluding hydrogens is 385 g/mol. The number of anilines is 1. The fourth-order valence-corrected chi connectivity index (χ4v) is 3.81. The number of hydrogen-bond donors (Lipinski definition) is 2. The average molecular weight is 410 g/mol. The van der Waals surface area contributed by atoms with E-state index in [4.69, 9.17) is 9.15 Å². The van der Waals surface area contributed by atoms with Gasteiger partial charge in [0.15, 0.2) is 11.8 Å². The molecular formula is C23H25FN3O3+. The summed E-state index contributed by atoms with van der Waals surface area (Å²) in [7, 11) is 0. The van der Waals surface area contributed by atoms with Gasteiger partial charge in [-0.15, -0.1) is 0 Å². The molecule has 1 amide bonds. The van der Waals surface area contributed by atoms with Gasteiger partial charge in [0.05, 0.1) is 39.0 Å². The van der Waals surface area contributed by atoms with E-state index in [-0.39, 0.29) is 11.9 Å². The third-order valence-electron chi connectivity index (χ3n) is 5.38. The lowest BCUT2D eigenvalue weighted by Crippen LogP contribution is -3.15. The lowest BCUT2D eigenvalue weighted by Gasteiger charge is -2.37. The molecule has 0 bridgehead atoms. The van der Waals surface area contributed by atoms with Gasteiger partial charge in [-0.05, 0) is 48.5 Å². The van der Waals surface area contributed by atoms with Crippen molar-refractivity contribution in [2.45, 2.75) is 6.04 Å². The predicted molar refractivity (Wildman–Crippen MR) is 111 cm³/mol. The molecule has 6 nitrogen and oxygen atoms in total. The Hall–Kier alpha value is -3.32. The van der Waals surface area contributed by atoms with E-state index >= 15 is 0 Å². The van der Waals surface area contributed by atoms with Crippen molar-refractivity contribution in [2.75, 3.05) is 37.6 Å². The van der Waals surface area contributed by atoms with Gasteiger partial charge < -0.3 is 24.3 Å². The number of furan rings is 1. The minimum atomic E-state index is -0.484. The Bertz CT molecular complexity index is 924. The van der Waals surface area contributed by atoms with Gasteiger partial charge in [-0.3, -0.25) is 0 Å². The zero-order valence-electron chi connectivity index (χ0n) is 16.6. The first-order valence-electron chi connectivity index (χ1n) is 10.1. The highest BCUT2D eigenvalue weighted by Crippen LogP contribution is 2.16. The molecule has 3 aromatic rings. The number of hydrogen-bond acceptors (Lipinski definition) is 4. The van der Waals surface area contributed by atoms with Crippen LogP contribution in [0.25, 0.3) is 0 Å². The van der Waals surface area contributed by atoms with Gasteiger partial charge in [0.25, 0.3) is 0 Å². The summed E-state index contributed by atoms with van der Waals surface area (Å²) in [6, 6.07) is 19.4. The van der Waals surface area contributed by atoms with Crippen LogP contribution < -0.4 is 19.9 Å². The zero-order chi connectivity index (χ0) is 20.8. The smallest absolute Gasteiger partial charge is 0.412 e. The van der Waals surface area contributed by atoms with Crippen LogP contribution in [0.15, 0.2) is 77.4 Å². The number of piperazine rings is 1. The molecule has 0 unspecified atom stereocenters. The van der Waals surface area contributed by atoms with Crippen molar-refractivity contribution in [1.82, 2.24) is 5.32 Å². The van der Waals surface area contributed by atoms with E-state index < -0.39 is 6.09 Å². The van der Waals surface area contributed by atoms with Crippen LogP contribution in [0.1, 0.15) is 11.8 Å². The SMILES string of the molecule is O=C(NC[C@@H](c1ccco1)[NH+]1CCN(c2ccc(F)cc2)CC1)Oc1ccccc1. The number of nitrogens with zero attached hydrogens (tertiary/aromatic N) is 1. The van der Waals surface area contributed by atoms with E-state index in [9.17, 15) is 9.18 Å². The van der Waals surface area contributed by atoms with Crippen molar-refractivity contribution in [3.05, 3.63) is 84.6 Å². The standard InChI is InChI=1S/C23H24FN3O3/c24-18-8-10-19(11-9-18)26-12-14-27(15-13-26)21(22-7-4-16-29-22)17-25-23(28)30-20-5-2-1-3-6-20/h1-11,16,21H,12-15,17H2,(H,25,28)/p+1/t21-/m0/s1. The van der Waals surface area contributed by atoms with Crippen molar-refractivity contribution in [3.8, 4) is 5.75 Å². The summed E-state index contributed by atoms with van der Waals surface area (Å²) in [5, 5.41) is 2.87. The molecule has 2 heterocycles. The summed E-state index contributed by atoms with van der Waals surface area (Å²) in [6.45, 7) is 3.83. The number of amides is 1. The summed E-state index contributed by atoms with van der Waals surface area (Å²) in [5.41, 5.74) is 1.02. The van der Waals surface area contributed by atoms with Gasteiger partial charge in [-0.2, -0.15) is 0 Å². The van der Waals surface area contributed by atoms with Crippen LogP contribution in [0.4, 0.5) is 14.9 Å². The van der Waals surface area contributed by atoms with Crippen LogP contribution in [0.2, 0.25) is 0 Å². The molecule has 2 aromatic carbocycles. The Balaban J connectivity index is 1.36. The molecule has 0 radical (unpaired) electrons. The lowest BCUT2D eigenvalue weighted by atomic mass is 10.1. The van der Waals surface area contributed by atoms with Crippen LogP contribution in [-0.4, -0.2) is 38.8 Å². The lowest BCUT2D eigenvalue weighted by molar-refractivity contribution is -0.932. The number of quaternary nitrogens is 1. The Morgan fingerprint density at radius 3 is 2.47 bits per heavy atom. The fraction of sp³-hybridized carbons (Fsp3) is 0.261. The number of rotatable bonds is 6. The fourth-order valence-electron chi connectivity index (χ4n) is 3.81. The van der Waals surface area contributed by atoms with E-state index in [0.717, 1.165) is 37.6 Å². The van der Waals surface area contributed by atoms with Gasteiger partial charge in [-0.25, -0.2) is 9.18 Å². The van der Waals surface area contributed by atoms with E-state index in [0.29, 0.717) is 12.3 Å². The van der Waals surface area contributed by atoms with Gasteiger partial charge in [0.1, 0.15) is 11.6 Å². The summed E-state index contributed by atoms with van der Waals surface area (Å²) in [4.78, 5) is 15.8. The maximum atomic E-state index is 13.2. The first-order chi connectivity index (χ1) is 14.7. The molecule has 4 rings (SSSR count). The molecule has 1 saturated heterocycles. The number of ether oxygens (including phenoxy) is 1. The van der Waals surface area contributed by atoms with Crippen LogP contribution in [-0.2, 0) is 0 Å². The van der Waals surface area contributed by atoms with Gasteiger partial charge in [-0.1, -0.05) is 18.2 Å². The number of benzene rings is 2. The van der Waals surface area contributed by atoms with Crippen LogP contribution in [0.3, 0.4) is 0 Å². The molecule has 1 fully saturated rings. The van der Waals surface area contributed by atoms with Gasteiger partial charge in [0, 0.05) is 5.69 Å². The maximum Gasteiger partial charge on any atom is 0.412 e. The second-order valence-corrected chi connectivity index (χ2v) is 7.27. The number of carbonyl (C=O) groups is 1.